The SMILES string of the molecule is CCNC(=O)[C@@H](C)N(Cc1ccc(Cl)cc1Cl)C(=O)CN(c1ccc2c(c1)OCO2)S(C)(=O)=O. The molecule has 2 amide bonds. The molecule has 2 aromatic rings. The van der Waals surface area contributed by atoms with Crippen LogP contribution in [0.5, 0.6) is 11.5 Å². The Hall–Kier alpha value is -2.69. The molecule has 0 aliphatic carbocycles. The molecular weight excluding hydrogens is 505 g/mol. The van der Waals surface area contributed by atoms with E-state index in [-0.39, 0.29) is 24.9 Å². The maximum atomic E-state index is 13.5. The van der Waals surface area contributed by atoms with E-state index in [0.717, 1.165) is 10.6 Å². The summed E-state index contributed by atoms with van der Waals surface area (Å²) in [4.78, 5) is 27.3. The number of benzene rings is 2. The molecule has 1 N–H and O–H groups in total. The van der Waals surface area contributed by atoms with Crippen molar-refractivity contribution in [1.82, 2.24) is 10.2 Å². The van der Waals surface area contributed by atoms with E-state index in [4.69, 9.17) is 32.7 Å². The van der Waals surface area contributed by atoms with E-state index in [1.54, 1.807) is 32.0 Å². The second-order valence-electron chi connectivity index (χ2n) is 7.64. The Labute approximate surface area is 208 Å². The topological polar surface area (TPSA) is 105 Å². The molecular formula is C22H25Cl2N3O6S. The van der Waals surface area contributed by atoms with Gasteiger partial charge in [-0.1, -0.05) is 29.3 Å². The lowest BCUT2D eigenvalue weighted by Crippen LogP contribution is -2.51. The number of carbonyl (C=O) groups excluding carboxylic acids is 2. The lowest BCUT2D eigenvalue weighted by Gasteiger charge is -2.31. The summed E-state index contributed by atoms with van der Waals surface area (Å²) in [5.41, 5.74) is 0.791. The van der Waals surface area contributed by atoms with Crippen molar-refractivity contribution < 1.29 is 27.5 Å². The largest absolute Gasteiger partial charge is 0.454 e. The number of sulfonamides is 1. The standard InChI is InChI=1S/C22H25Cl2N3O6S/c1-4-25-22(29)14(2)26(11-15-5-6-16(23)9-18(15)24)21(28)12-27(34(3,30)31)17-7-8-19-20(10-17)33-13-32-19/h5-10,14H,4,11-13H2,1-3H3,(H,25,29)/t14-/m1/s1. The molecule has 2 aromatic carbocycles. The van der Waals surface area contributed by atoms with Crippen LogP contribution in [0.25, 0.3) is 0 Å². The first kappa shape index (κ1) is 25.9. The summed E-state index contributed by atoms with van der Waals surface area (Å²) >= 11 is 12.3. The fraction of sp³-hybridized carbons (Fsp3) is 0.364. The smallest absolute Gasteiger partial charge is 0.244 e. The fourth-order valence-electron chi connectivity index (χ4n) is 3.39. The predicted molar refractivity (Wildman–Crippen MR) is 130 cm³/mol. The molecule has 0 fully saturated rings. The molecule has 1 aliphatic heterocycles. The van der Waals surface area contributed by atoms with Gasteiger partial charge in [-0.3, -0.25) is 13.9 Å². The normalized spacial score (nSPS) is 13.3. The van der Waals surface area contributed by atoms with Crippen molar-refractivity contribution in [3.63, 3.8) is 0 Å². The summed E-state index contributed by atoms with van der Waals surface area (Å²) in [6.45, 7) is 3.17. The Balaban J connectivity index is 1.93. The van der Waals surface area contributed by atoms with Crippen molar-refractivity contribution in [2.45, 2.75) is 26.4 Å². The second kappa shape index (κ2) is 10.7. The molecule has 184 valence electrons. The highest BCUT2D eigenvalue weighted by atomic mass is 35.5. The number of halogens is 2. The Bertz CT molecular complexity index is 1190. The average molecular weight is 530 g/mol. The molecule has 0 saturated carbocycles. The lowest BCUT2D eigenvalue weighted by molar-refractivity contribution is -0.139. The summed E-state index contributed by atoms with van der Waals surface area (Å²) in [5, 5.41) is 3.43. The first-order chi connectivity index (χ1) is 16.0. The first-order valence-corrected chi connectivity index (χ1v) is 13.0. The van der Waals surface area contributed by atoms with E-state index in [1.165, 1.54) is 23.1 Å². The summed E-state index contributed by atoms with van der Waals surface area (Å²) < 4.78 is 36.8. The molecule has 3 rings (SSSR count). The fourth-order valence-corrected chi connectivity index (χ4v) is 4.70. The maximum absolute atomic E-state index is 13.5. The van der Waals surface area contributed by atoms with Gasteiger partial charge < -0.3 is 19.7 Å². The van der Waals surface area contributed by atoms with Crippen LogP contribution in [-0.2, 0) is 26.2 Å². The van der Waals surface area contributed by atoms with Gasteiger partial charge >= 0.3 is 0 Å². The van der Waals surface area contributed by atoms with E-state index in [9.17, 15) is 18.0 Å². The number of ether oxygens (including phenoxy) is 2. The molecule has 0 spiro atoms. The third-order valence-corrected chi connectivity index (χ3v) is 6.92. The number of nitrogens with one attached hydrogen (secondary N) is 1. The maximum Gasteiger partial charge on any atom is 0.244 e. The van der Waals surface area contributed by atoms with E-state index >= 15 is 0 Å². The molecule has 9 nitrogen and oxygen atoms in total. The van der Waals surface area contributed by atoms with Gasteiger partial charge in [0.25, 0.3) is 0 Å². The van der Waals surface area contributed by atoms with E-state index in [0.29, 0.717) is 33.7 Å². The molecule has 0 aromatic heterocycles. The Morgan fingerprint density at radius 2 is 1.82 bits per heavy atom. The molecule has 12 heteroatoms. The van der Waals surface area contributed by atoms with Crippen LogP contribution in [0.2, 0.25) is 10.0 Å². The highest BCUT2D eigenvalue weighted by molar-refractivity contribution is 7.92. The number of fused-ring (bicyclic) bond motifs is 1. The number of likely N-dealkylation sites (N-methyl/N-ethyl adjacent to an activating group) is 1. The molecule has 0 radical (unpaired) electrons. The minimum atomic E-state index is -3.86. The van der Waals surface area contributed by atoms with E-state index < -0.39 is 28.5 Å². The summed E-state index contributed by atoms with van der Waals surface area (Å²) in [6, 6.07) is 8.51. The zero-order chi connectivity index (χ0) is 25.0. The van der Waals surface area contributed by atoms with Gasteiger partial charge in [-0.05, 0) is 43.7 Å². The minimum Gasteiger partial charge on any atom is -0.454 e. The van der Waals surface area contributed by atoms with Crippen LogP contribution in [0.3, 0.4) is 0 Å². The van der Waals surface area contributed by atoms with Crippen LogP contribution < -0.4 is 19.1 Å². The zero-order valence-electron chi connectivity index (χ0n) is 18.9. The van der Waals surface area contributed by atoms with E-state index in [1.807, 2.05) is 0 Å². The van der Waals surface area contributed by atoms with Gasteiger partial charge in [0.15, 0.2) is 11.5 Å². The quantitative estimate of drug-likeness (QED) is 0.535. The summed E-state index contributed by atoms with van der Waals surface area (Å²) in [5.74, 6) is -0.116. The van der Waals surface area contributed by atoms with Gasteiger partial charge in [0, 0.05) is 29.2 Å². The number of carbonyl (C=O) groups is 2. The van der Waals surface area contributed by atoms with Crippen LogP contribution in [0, 0.1) is 0 Å². The van der Waals surface area contributed by atoms with Crippen LogP contribution in [-0.4, -0.2) is 57.3 Å². The predicted octanol–water partition coefficient (Wildman–Crippen LogP) is 3.04. The Morgan fingerprint density at radius 3 is 2.47 bits per heavy atom. The summed E-state index contributed by atoms with van der Waals surface area (Å²) in [6.07, 6.45) is 0.998. The number of nitrogens with zero attached hydrogens (tertiary/aromatic N) is 2. The van der Waals surface area contributed by atoms with Crippen LogP contribution >= 0.6 is 23.2 Å². The van der Waals surface area contributed by atoms with Crippen molar-refractivity contribution in [2.75, 3.05) is 30.4 Å². The van der Waals surface area contributed by atoms with Gasteiger partial charge in [0.1, 0.15) is 12.6 Å². The first-order valence-electron chi connectivity index (χ1n) is 10.4. The number of amides is 2. The number of hydrogen-bond donors (Lipinski definition) is 1. The number of rotatable bonds is 9. The Morgan fingerprint density at radius 1 is 1.12 bits per heavy atom. The van der Waals surface area contributed by atoms with Gasteiger partial charge in [-0.25, -0.2) is 8.42 Å². The van der Waals surface area contributed by atoms with Gasteiger partial charge in [-0.2, -0.15) is 0 Å². The molecule has 1 atom stereocenters. The molecule has 34 heavy (non-hydrogen) atoms. The average Bonchev–Trinajstić information content (AvgIpc) is 3.23. The second-order valence-corrected chi connectivity index (χ2v) is 10.4. The number of hydrogen-bond acceptors (Lipinski definition) is 6. The van der Waals surface area contributed by atoms with Crippen LogP contribution in [0.15, 0.2) is 36.4 Å². The zero-order valence-corrected chi connectivity index (χ0v) is 21.2. The van der Waals surface area contributed by atoms with Crippen molar-refractivity contribution in [1.29, 1.82) is 0 Å². The van der Waals surface area contributed by atoms with Crippen molar-refractivity contribution in [3.05, 3.63) is 52.0 Å². The van der Waals surface area contributed by atoms with Crippen LogP contribution in [0.4, 0.5) is 5.69 Å². The third kappa shape index (κ3) is 6.05. The molecule has 1 aliphatic rings. The third-order valence-electron chi connectivity index (χ3n) is 5.20. The molecule has 1 heterocycles. The van der Waals surface area contributed by atoms with Crippen molar-refractivity contribution in [3.8, 4) is 11.5 Å². The van der Waals surface area contributed by atoms with E-state index in [2.05, 4.69) is 5.32 Å². The minimum absolute atomic E-state index is 0.0219. The van der Waals surface area contributed by atoms with Gasteiger partial charge in [0.05, 0.1) is 11.9 Å². The van der Waals surface area contributed by atoms with Crippen molar-refractivity contribution >= 4 is 50.7 Å². The van der Waals surface area contributed by atoms with Gasteiger partial charge in [-0.15, -0.1) is 0 Å². The van der Waals surface area contributed by atoms with Crippen LogP contribution in [0.1, 0.15) is 19.4 Å². The Kier molecular flexibility index (Phi) is 8.17. The number of anilines is 1. The van der Waals surface area contributed by atoms with Crippen molar-refractivity contribution in [2.24, 2.45) is 0 Å². The monoisotopic (exact) mass is 529 g/mol. The lowest BCUT2D eigenvalue weighted by atomic mass is 10.1. The molecule has 0 bridgehead atoms. The van der Waals surface area contributed by atoms with Gasteiger partial charge in [0.2, 0.25) is 28.6 Å². The highest BCUT2D eigenvalue weighted by Crippen LogP contribution is 2.36. The summed E-state index contributed by atoms with van der Waals surface area (Å²) in [7, 11) is -3.86. The molecule has 0 saturated heterocycles. The highest BCUT2D eigenvalue weighted by Gasteiger charge is 2.31. The molecule has 0 unspecified atom stereocenters.